The molecule has 0 saturated heterocycles. The van der Waals surface area contributed by atoms with Gasteiger partial charge in [-0.1, -0.05) is 55.6 Å². The highest BCUT2D eigenvalue weighted by Gasteiger charge is 2.21. The highest BCUT2D eigenvalue weighted by molar-refractivity contribution is 9.12. The zero-order valence-electron chi connectivity index (χ0n) is 7.51. The Bertz CT molecular complexity index is 323. The van der Waals surface area contributed by atoms with Gasteiger partial charge in [-0.25, -0.2) is 0 Å². The van der Waals surface area contributed by atoms with Crippen molar-refractivity contribution in [3.8, 4) is 0 Å². The first-order valence-corrected chi connectivity index (χ1v) is 6.27. The molecule has 0 radical (unpaired) electrons. The summed E-state index contributed by atoms with van der Waals surface area (Å²) in [5.74, 6) is 0.0989. The minimum absolute atomic E-state index is 0.0164. The van der Waals surface area contributed by atoms with Gasteiger partial charge in [0.05, 0.1) is 9.65 Å². The van der Waals surface area contributed by atoms with Crippen LogP contribution in [-0.2, 0) is 4.79 Å². The first-order chi connectivity index (χ1) is 6.52. The lowest BCUT2D eigenvalue weighted by Crippen LogP contribution is -2.15. The Balaban J connectivity index is 2.84. The SMILES string of the molecule is CC(=O)C(Br)C(Br)c1ccc(Cl)cc1. The average Bonchev–Trinajstić information content (AvgIpc) is 2.16. The average molecular weight is 340 g/mol. The third-order valence-electron chi connectivity index (χ3n) is 1.83. The maximum Gasteiger partial charge on any atom is 0.144 e. The summed E-state index contributed by atoms with van der Waals surface area (Å²) in [5.41, 5.74) is 1.03. The van der Waals surface area contributed by atoms with Gasteiger partial charge in [-0.05, 0) is 24.6 Å². The Morgan fingerprint density at radius 1 is 1.29 bits per heavy atom. The third-order valence-corrected chi connectivity index (χ3v) is 5.03. The number of halogens is 3. The molecule has 4 heteroatoms. The summed E-state index contributed by atoms with van der Waals surface area (Å²) >= 11 is 12.6. The number of carbonyl (C=O) groups is 1. The molecule has 0 aromatic heterocycles. The van der Waals surface area contributed by atoms with E-state index in [9.17, 15) is 4.79 Å². The predicted octanol–water partition coefficient (Wildman–Crippen LogP) is 4.13. The van der Waals surface area contributed by atoms with Crippen molar-refractivity contribution >= 4 is 49.2 Å². The van der Waals surface area contributed by atoms with E-state index in [-0.39, 0.29) is 15.4 Å². The van der Waals surface area contributed by atoms with Gasteiger partial charge >= 0.3 is 0 Å². The summed E-state index contributed by atoms with van der Waals surface area (Å²) in [7, 11) is 0. The van der Waals surface area contributed by atoms with Crippen LogP contribution in [0.4, 0.5) is 0 Å². The van der Waals surface area contributed by atoms with E-state index in [1.54, 1.807) is 6.92 Å². The number of Topliss-reactive ketones (excluding diaryl/α,β-unsaturated/α-hetero) is 1. The van der Waals surface area contributed by atoms with Gasteiger partial charge < -0.3 is 0 Å². The lowest BCUT2D eigenvalue weighted by molar-refractivity contribution is -0.116. The van der Waals surface area contributed by atoms with Crippen LogP contribution in [0.15, 0.2) is 24.3 Å². The molecule has 76 valence electrons. The maximum atomic E-state index is 11.1. The monoisotopic (exact) mass is 338 g/mol. The molecule has 1 rings (SSSR count). The van der Waals surface area contributed by atoms with Gasteiger partial charge in [0.15, 0.2) is 0 Å². The van der Waals surface area contributed by atoms with Gasteiger partial charge in [-0.2, -0.15) is 0 Å². The maximum absolute atomic E-state index is 11.1. The quantitative estimate of drug-likeness (QED) is 0.756. The highest BCUT2D eigenvalue weighted by atomic mass is 79.9. The van der Waals surface area contributed by atoms with E-state index in [0.29, 0.717) is 5.02 Å². The summed E-state index contributed by atoms with van der Waals surface area (Å²) in [5, 5.41) is 0.697. The van der Waals surface area contributed by atoms with Crippen LogP contribution < -0.4 is 0 Å². The summed E-state index contributed by atoms with van der Waals surface area (Å²) in [4.78, 5) is 10.9. The summed E-state index contributed by atoms with van der Waals surface area (Å²) in [6.45, 7) is 1.56. The summed E-state index contributed by atoms with van der Waals surface area (Å²) < 4.78 is 0. The fourth-order valence-corrected chi connectivity index (χ4v) is 2.13. The molecule has 14 heavy (non-hydrogen) atoms. The van der Waals surface area contributed by atoms with Crippen molar-refractivity contribution in [1.29, 1.82) is 0 Å². The molecule has 0 amide bonds. The fourth-order valence-electron chi connectivity index (χ4n) is 1.02. The molecule has 0 aliphatic heterocycles. The fraction of sp³-hybridized carbons (Fsp3) is 0.300. The van der Waals surface area contributed by atoms with Crippen molar-refractivity contribution in [2.45, 2.75) is 16.6 Å². The Kier molecular flexibility index (Phi) is 4.61. The van der Waals surface area contributed by atoms with E-state index in [2.05, 4.69) is 31.9 Å². The van der Waals surface area contributed by atoms with E-state index < -0.39 is 0 Å². The molecule has 1 nitrogen and oxygen atoms in total. The molecule has 0 heterocycles. The van der Waals surface area contributed by atoms with Gasteiger partial charge in [-0.3, -0.25) is 4.79 Å². The molecular formula is C10H9Br2ClO. The molecule has 0 spiro atoms. The van der Waals surface area contributed by atoms with Crippen molar-refractivity contribution in [3.05, 3.63) is 34.9 Å². The summed E-state index contributed by atoms with van der Waals surface area (Å²) in [6, 6.07) is 7.42. The van der Waals surface area contributed by atoms with Crippen LogP contribution in [-0.4, -0.2) is 10.6 Å². The van der Waals surface area contributed by atoms with Crippen LogP contribution in [0.5, 0.6) is 0 Å². The van der Waals surface area contributed by atoms with E-state index in [1.807, 2.05) is 24.3 Å². The number of hydrogen-bond acceptors (Lipinski definition) is 1. The van der Waals surface area contributed by atoms with Crippen molar-refractivity contribution in [1.82, 2.24) is 0 Å². The Morgan fingerprint density at radius 2 is 1.79 bits per heavy atom. The van der Waals surface area contributed by atoms with E-state index in [1.165, 1.54) is 0 Å². The predicted molar refractivity (Wildman–Crippen MR) is 66.5 cm³/mol. The van der Waals surface area contributed by atoms with Crippen molar-refractivity contribution in [2.75, 3.05) is 0 Å². The topological polar surface area (TPSA) is 17.1 Å². The molecule has 0 aliphatic rings. The number of carbonyl (C=O) groups excluding carboxylic acids is 1. The van der Waals surface area contributed by atoms with Crippen LogP contribution in [0.25, 0.3) is 0 Å². The molecule has 2 atom stereocenters. The minimum atomic E-state index is -0.205. The Labute approximate surface area is 105 Å². The van der Waals surface area contributed by atoms with Gasteiger partial charge in [0.2, 0.25) is 0 Å². The number of rotatable bonds is 3. The minimum Gasteiger partial charge on any atom is -0.299 e. The lowest BCUT2D eigenvalue weighted by Gasteiger charge is -2.14. The zero-order valence-corrected chi connectivity index (χ0v) is 11.4. The van der Waals surface area contributed by atoms with Crippen molar-refractivity contribution in [2.24, 2.45) is 0 Å². The van der Waals surface area contributed by atoms with Gasteiger partial charge in [0.25, 0.3) is 0 Å². The van der Waals surface area contributed by atoms with E-state index >= 15 is 0 Å². The first-order valence-electron chi connectivity index (χ1n) is 4.06. The standard InChI is InChI=1S/C10H9Br2ClO/c1-6(14)9(11)10(12)7-2-4-8(13)5-3-7/h2-5,9-10H,1H3. The molecule has 0 N–H and O–H groups in total. The van der Waals surface area contributed by atoms with E-state index in [4.69, 9.17) is 11.6 Å². The van der Waals surface area contributed by atoms with Crippen LogP contribution in [0, 0.1) is 0 Å². The molecule has 2 unspecified atom stereocenters. The largest absolute Gasteiger partial charge is 0.299 e. The number of ketones is 1. The highest BCUT2D eigenvalue weighted by Crippen LogP contribution is 2.32. The van der Waals surface area contributed by atoms with Crippen molar-refractivity contribution < 1.29 is 4.79 Å². The van der Waals surface area contributed by atoms with E-state index in [0.717, 1.165) is 5.56 Å². The smallest absolute Gasteiger partial charge is 0.144 e. The van der Waals surface area contributed by atoms with Crippen LogP contribution in [0.3, 0.4) is 0 Å². The molecule has 0 aliphatic carbocycles. The number of alkyl halides is 2. The number of benzene rings is 1. The zero-order chi connectivity index (χ0) is 10.7. The Morgan fingerprint density at radius 3 is 2.21 bits per heavy atom. The molecule has 1 aromatic carbocycles. The lowest BCUT2D eigenvalue weighted by atomic mass is 10.1. The number of hydrogen-bond donors (Lipinski definition) is 0. The second-order valence-corrected chi connectivity index (χ2v) is 5.38. The van der Waals surface area contributed by atoms with Crippen LogP contribution >= 0.6 is 43.5 Å². The van der Waals surface area contributed by atoms with Gasteiger partial charge in [-0.15, -0.1) is 0 Å². The second-order valence-electron chi connectivity index (χ2n) is 2.97. The molecule has 0 bridgehead atoms. The van der Waals surface area contributed by atoms with Crippen LogP contribution in [0.2, 0.25) is 5.02 Å². The second kappa shape index (κ2) is 5.29. The first kappa shape index (κ1) is 12.2. The Hall–Kier alpha value is 0.140. The third kappa shape index (κ3) is 3.07. The van der Waals surface area contributed by atoms with Crippen molar-refractivity contribution in [3.63, 3.8) is 0 Å². The molecule has 0 fully saturated rings. The molecular weight excluding hydrogens is 331 g/mol. The molecule has 1 aromatic rings. The molecule has 0 saturated carbocycles. The van der Waals surface area contributed by atoms with Gasteiger partial charge in [0.1, 0.15) is 5.78 Å². The van der Waals surface area contributed by atoms with Gasteiger partial charge in [0, 0.05) is 5.02 Å². The van der Waals surface area contributed by atoms with Crippen LogP contribution in [0.1, 0.15) is 17.3 Å². The normalized spacial score (nSPS) is 14.9. The summed E-state index contributed by atoms with van der Waals surface area (Å²) in [6.07, 6.45) is 0.